The van der Waals surface area contributed by atoms with Crippen LogP contribution in [0.5, 0.6) is 5.75 Å². The summed E-state index contributed by atoms with van der Waals surface area (Å²) in [4.78, 5) is 83.2. The average Bonchev–Trinajstić information content (AvgIpc) is 4.08. The van der Waals surface area contributed by atoms with E-state index in [1.807, 2.05) is 12.1 Å². The van der Waals surface area contributed by atoms with Crippen molar-refractivity contribution in [3.8, 4) is 5.75 Å². The minimum absolute atomic E-state index is 0.123. The van der Waals surface area contributed by atoms with Crippen LogP contribution in [-0.2, 0) is 14.3 Å². The average molecular weight is 1140 g/mol. The maximum atomic E-state index is 13.5. The summed E-state index contributed by atoms with van der Waals surface area (Å²) in [6.07, 6.45) is -2.78. The number of halogens is 2. The van der Waals surface area contributed by atoms with Gasteiger partial charge in [-0.15, -0.1) is 0 Å². The molecule has 4 N–H and O–H groups in total. The number of aliphatic hydroxyl groups excluding tert-OH is 2. The zero-order chi connectivity index (χ0) is 55.0. The Balaban J connectivity index is 0.000000203. The molecule has 1 unspecified atom stereocenters. The standard InChI is InChI=1S/C26H17ClN6O5S2.C23H20ClN5O5S2/c1-26(2)22(34)31(15-6-10-19(28-3)18(27)12-15)25(39)32(26)16-7-11-21-20(13-16)29-23(40-21)30-24(35)38-17-8-4-14(5-9-17)33(36)37;1-23(2)19(32)28(12-4-6-16(25-3)15(24)8-12)22(35)29(23)13-5-7-18-17(9-13)26-20(36-18)27-21(33)34-11-14(31)10-30/h4-13H,1-2H3,(H,29,30,35);4-9,14,30-31H,10-11H2,1-2H3,(H,26,27,33). The van der Waals surface area contributed by atoms with Crippen LogP contribution in [0.4, 0.5) is 59.7 Å². The molecule has 0 aliphatic carbocycles. The Morgan fingerprint density at radius 3 is 1.58 bits per heavy atom. The zero-order valence-corrected chi connectivity index (χ0v) is 44.6. The number of rotatable bonds is 11. The topological polar surface area (TPSA) is 242 Å². The zero-order valence-electron chi connectivity index (χ0n) is 39.8. The molecule has 21 nitrogen and oxygen atoms in total. The minimum atomic E-state index is -1.16. The molecule has 9 rings (SSSR count). The van der Waals surface area contributed by atoms with Crippen molar-refractivity contribution in [1.82, 2.24) is 9.97 Å². The van der Waals surface area contributed by atoms with Gasteiger partial charge in [-0.3, -0.25) is 40.1 Å². The summed E-state index contributed by atoms with van der Waals surface area (Å²) in [6.45, 7) is 20.5. The van der Waals surface area contributed by atoms with Crippen molar-refractivity contribution in [3.05, 3.63) is 140 Å². The Hall–Kier alpha value is -7.98. The van der Waals surface area contributed by atoms with Gasteiger partial charge >= 0.3 is 12.2 Å². The van der Waals surface area contributed by atoms with E-state index in [1.165, 1.54) is 62.8 Å². The third kappa shape index (κ3) is 10.8. The molecule has 0 bridgehead atoms. The molecule has 2 saturated heterocycles. The first-order valence-corrected chi connectivity index (χ1v) is 25.3. The number of hydrogen-bond acceptors (Lipinski definition) is 16. The van der Waals surface area contributed by atoms with E-state index < -0.39 is 40.9 Å². The fourth-order valence-corrected chi connectivity index (χ4v) is 10.9. The molecule has 0 radical (unpaired) electrons. The van der Waals surface area contributed by atoms with Gasteiger partial charge in [-0.1, -0.05) is 58.0 Å². The van der Waals surface area contributed by atoms with Crippen molar-refractivity contribution in [2.75, 3.05) is 43.4 Å². The molecule has 2 aliphatic rings. The predicted molar refractivity (Wildman–Crippen MR) is 299 cm³/mol. The molecule has 0 spiro atoms. The van der Waals surface area contributed by atoms with E-state index in [1.54, 1.807) is 92.1 Å². The number of non-ortho nitro benzene ring substituents is 1. The minimum Gasteiger partial charge on any atom is -0.446 e. The smallest absolute Gasteiger partial charge is 0.418 e. The molecule has 5 aromatic carbocycles. The molecular formula is C49H37Cl2N11O10S4. The van der Waals surface area contributed by atoms with Gasteiger partial charge in [0.25, 0.3) is 17.5 Å². The molecule has 2 aliphatic heterocycles. The Morgan fingerprint density at radius 1 is 0.737 bits per heavy atom. The lowest BCUT2D eigenvalue weighted by Crippen LogP contribution is -2.44. The number of hydrogen-bond donors (Lipinski definition) is 4. The number of thiazole rings is 2. The summed E-state index contributed by atoms with van der Waals surface area (Å²) in [5.74, 6) is -0.387. The molecule has 7 aromatic rings. The first-order chi connectivity index (χ1) is 36.0. The van der Waals surface area contributed by atoms with E-state index in [9.17, 15) is 34.4 Å². The molecular weight excluding hydrogens is 1100 g/mol. The van der Waals surface area contributed by atoms with Crippen LogP contribution in [0.1, 0.15) is 27.7 Å². The first-order valence-electron chi connectivity index (χ1n) is 22.0. The summed E-state index contributed by atoms with van der Waals surface area (Å²) in [5, 5.41) is 35.4. The van der Waals surface area contributed by atoms with Gasteiger partial charge in [0.05, 0.1) is 56.5 Å². The quantitative estimate of drug-likeness (QED) is 0.0407. The maximum Gasteiger partial charge on any atom is 0.418 e. The number of nitro groups is 1. The summed E-state index contributed by atoms with van der Waals surface area (Å²) in [5.41, 5.74) is 1.65. The number of thiocarbonyl (C=S) groups is 2. The van der Waals surface area contributed by atoms with E-state index in [2.05, 4.69) is 30.3 Å². The van der Waals surface area contributed by atoms with Crippen molar-refractivity contribution >= 4 is 175 Å². The van der Waals surface area contributed by atoms with E-state index in [4.69, 9.17) is 75.4 Å². The second-order valence-corrected chi connectivity index (χ2v) is 20.9. The van der Waals surface area contributed by atoms with Crippen LogP contribution in [0, 0.1) is 23.3 Å². The van der Waals surface area contributed by atoms with Crippen molar-refractivity contribution in [3.63, 3.8) is 0 Å². The Labute approximate surface area is 460 Å². The normalized spacial score (nSPS) is 15.0. The van der Waals surface area contributed by atoms with Gasteiger partial charge in [0.15, 0.2) is 20.5 Å². The SMILES string of the molecule is [C-]#[N+]c1ccc(N2C(=O)C(C)(C)N(c3ccc4sc(NC(=O)OCC(O)CO)nc4c3)C2=S)cc1Cl.[C-]#[N+]c1ccc(N2C(=O)C(C)(C)N(c3ccc4sc(NC(=O)Oc5ccc([N+](=O)[O-])cc5)nc4c3)C2=S)cc1Cl. The van der Waals surface area contributed by atoms with Gasteiger partial charge in [-0.2, -0.15) is 0 Å². The van der Waals surface area contributed by atoms with Crippen LogP contribution >= 0.6 is 70.3 Å². The van der Waals surface area contributed by atoms with E-state index >= 15 is 0 Å². The predicted octanol–water partition coefficient (Wildman–Crippen LogP) is 11.3. The maximum absolute atomic E-state index is 13.5. The van der Waals surface area contributed by atoms with Crippen molar-refractivity contribution in [2.24, 2.45) is 0 Å². The van der Waals surface area contributed by atoms with Gasteiger partial charge in [0.1, 0.15) is 29.5 Å². The number of nitrogens with one attached hydrogen (secondary N) is 2. The molecule has 27 heteroatoms. The number of anilines is 6. The second-order valence-electron chi connectivity index (χ2n) is 17.3. The van der Waals surface area contributed by atoms with E-state index in [-0.39, 0.29) is 71.8 Å². The van der Waals surface area contributed by atoms with Gasteiger partial charge in [0, 0.05) is 33.6 Å². The van der Waals surface area contributed by atoms with Gasteiger partial charge in [-0.05, 0) is 125 Å². The highest BCUT2D eigenvalue weighted by Crippen LogP contribution is 2.42. The number of amides is 4. The van der Waals surface area contributed by atoms with Crippen LogP contribution in [0.2, 0.25) is 10.0 Å². The third-order valence-electron chi connectivity index (χ3n) is 11.5. The summed E-state index contributed by atoms with van der Waals surface area (Å²) in [6, 6.07) is 25.3. The lowest BCUT2D eigenvalue weighted by Gasteiger charge is -2.29. The summed E-state index contributed by atoms with van der Waals surface area (Å²) in [7, 11) is 0. The second kappa shape index (κ2) is 21.7. The number of nitro benzene ring substituents is 1. The number of ether oxygens (including phenoxy) is 2. The van der Waals surface area contributed by atoms with Crippen LogP contribution in [0.3, 0.4) is 0 Å². The number of aromatic nitrogens is 2. The highest BCUT2D eigenvalue weighted by Gasteiger charge is 2.51. The van der Waals surface area contributed by atoms with Crippen LogP contribution in [0.15, 0.2) is 97.1 Å². The molecule has 76 heavy (non-hydrogen) atoms. The monoisotopic (exact) mass is 1140 g/mol. The lowest BCUT2D eigenvalue weighted by atomic mass is 10.0. The Bertz CT molecular complexity index is 3650. The summed E-state index contributed by atoms with van der Waals surface area (Å²) < 4.78 is 11.6. The highest BCUT2D eigenvalue weighted by molar-refractivity contribution is 7.81. The number of carbonyl (C=O) groups excluding carboxylic acids is 4. The lowest BCUT2D eigenvalue weighted by molar-refractivity contribution is -0.384. The third-order valence-corrected chi connectivity index (χ3v) is 14.7. The fourth-order valence-electron chi connectivity index (χ4n) is 7.78. The molecule has 1 atom stereocenters. The number of fused-ring (bicyclic) bond motifs is 2. The molecule has 0 saturated carbocycles. The van der Waals surface area contributed by atoms with Crippen molar-refractivity contribution in [2.45, 2.75) is 44.9 Å². The molecule has 2 fully saturated rings. The number of carbonyl (C=O) groups is 4. The van der Waals surface area contributed by atoms with Crippen molar-refractivity contribution in [1.29, 1.82) is 0 Å². The van der Waals surface area contributed by atoms with Gasteiger partial charge in [0.2, 0.25) is 11.4 Å². The highest BCUT2D eigenvalue weighted by atomic mass is 35.5. The van der Waals surface area contributed by atoms with E-state index in [0.29, 0.717) is 33.8 Å². The Morgan fingerprint density at radius 2 is 1.17 bits per heavy atom. The van der Waals surface area contributed by atoms with Gasteiger partial charge < -0.3 is 29.5 Å². The number of benzene rings is 5. The van der Waals surface area contributed by atoms with Crippen molar-refractivity contribution < 1.29 is 43.8 Å². The van der Waals surface area contributed by atoms with E-state index in [0.717, 1.165) is 9.40 Å². The van der Waals surface area contributed by atoms with Crippen LogP contribution < -0.4 is 35.0 Å². The number of nitrogens with zero attached hydrogens (tertiary/aromatic N) is 9. The molecule has 386 valence electrons. The molecule has 2 aromatic heterocycles. The molecule has 4 amide bonds. The van der Waals surface area contributed by atoms with Crippen LogP contribution in [0.25, 0.3) is 30.1 Å². The van der Waals surface area contributed by atoms with Crippen LogP contribution in [-0.4, -0.2) is 89.7 Å². The summed E-state index contributed by atoms with van der Waals surface area (Å²) >= 11 is 26.3. The first kappa shape index (κ1) is 54.3. The van der Waals surface area contributed by atoms with Gasteiger partial charge in [-0.25, -0.2) is 29.2 Å². The number of aliphatic hydroxyl groups is 2. The largest absolute Gasteiger partial charge is 0.446 e. The Kier molecular flexibility index (Phi) is 15.5. The molecule has 4 heterocycles. The fraction of sp³-hybridized carbons (Fsp3) is 0.184.